The molecule has 0 radical (unpaired) electrons. The number of Topliss-reactive ketones (excluding diaryl/α,β-unsaturated/α-hetero) is 1. The Kier molecular flexibility index (Phi) is 6.34. The van der Waals surface area contributed by atoms with Crippen molar-refractivity contribution < 1.29 is 9.53 Å². The molecule has 0 saturated carbocycles. The van der Waals surface area contributed by atoms with Crippen LogP contribution in [-0.4, -0.2) is 27.0 Å². The van der Waals surface area contributed by atoms with Crippen LogP contribution in [0.1, 0.15) is 28.2 Å². The summed E-state index contributed by atoms with van der Waals surface area (Å²) in [6.45, 7) is 0.656. The summed E-state index contributed by atoms with van der Waals surface area (Å²) in [4.78, 5) is 14.7. The number of carbonyl (C=O) groups excluding carboxylic acids is 1. The van der Waals surface area contributed by atoms with E-state index < -0.39 is 0 Å². The number of allylic oxidation sites excluding steroid dienone is 2. The highest BCUT2D eigenvalue weighted by Gasteiger charge is 2.18. The molecule has 0 spiro atoms. The molecule has 34 heavy (non-hydrogen) atoms. The highest BCUT2D eigenvalue weighted by molar-refractivity contribution is 5.97. The first-order valence-electron chi connectivity index (χ1n) is 11.3. The lowest BCUT2D eigenvalue weighted by Gasteiger charge is -2.21. The molecule has 0 N–H and O–H groups in total. The summed E-state index contributed by atoms with van der Waals surface area (Å²) in [6.07, 6.45) is 6.84. The zero-order valence-electron chi connectivity index (χ0n) is 18.7. The maximum Gasteiger partial charge on any atom is 0.182 e. The van der Waals surface area contributed by atoms with Crippen molar-refractivity contribution in [3.8, 4) is 11.4 Å². The van der Waals surface area contributed by atoms with Crippen molar-refractivity contribution in [3.05, 3.63) is 132 Å². The first kappa shape index (κ1) is 21.5. The van der Waals surface area contributed by atoms with Gasteiger partial charge in [-0.2, -0.15) is 5.10 Å². The minimum atomic E-state index is 0.0799. The number of aromatic nitrogens is 2. The highest BCUT2D eigenvalue weighted by atomic mass is 16.5. The van der Waals surface area contributed by atoms with Crippen molar-refractivity contribution in [2.45, 2.75) is 13.0 Å². The van der Waals surface area contributed by atoms with E-state index in [1.165, 1.54) is 0 Å². The van der Waals surface area contributed by atoms with E-state index in [9.17, 15) is 4.79 Å². The van der Waals surface area contributed by atoms with Crippen molar-refractivity contribution in [3.63, 3.8) is 0 Å². The van der Waals surface area contributed by atoms with Gasteiger partial charge in [-0.3, -0.25) is 4.79 Å². The Morgan fingerprint density at radius 2 is 1.56 bits per heavy atom. The number of carbonyl (C=O) groups is 1. The zero-order chi connectivity index (χ0) is 23.2. The largest absolute Gasteiger partial charge is 0.487 e. The van der Waals surface area contributed by atoms with Crippen molar-refractivity contribution in [2.24, 2.45) is 0 Å². The quantitative estimate of drug-likeness (QED) is 0.316. The Hall–Kier alpha value is -4.38. The van der Waals surface area contributed by atoms with E-state index in [2.05, 4.69) is 12.1 Å². The van der Waals surface area contributed by atoms with E-state index in [0.717, 1.165) is 34.8 Å². The van der Waals surface area contributed by atoms with Gasteiger partial charge in [0.2, 0.25) is 0 Å². The highest BCUT2D eigenvalue weighted by Crippen LogP contribution is 2.27. The van der Waals surface area contributed by atoms with Crippen molar-refractivity contribution in [1.29, 1.82) is 0 Å². The molecule has 1 aliphatic rings. The molecule has 5 heteroatoms. The molecule has 0 atom stereocenters. The van der Waals surface area contributed by atoms with Gasteiger partial charge in [0.15, 0.2) is 5.78 Å². The molecule has 1 aliphatic heterocycles. The van der Waals surface area contributed by atoms with Crippen LogP contribution < -0.4 is 4.74 Å². The third-order valence-electron chi connectivity index (χ3n) is 5.60. The average Bonchev–Trinajstić information content (AvgIpc) is 3.34. The second kappa shape index (κ2) is 10.0. The zero-order valence-corrected chi connectivity index (χ0v) is 18.7. The van der Waals surface area contributed by atoms with Gasteiger partial charge in [0.25, 0.3) is 0 Å². The molecule has 0 fully saturated rings. The summed E-state index contributed by atoms with van der Waals surface area (Å²) in [6, 6.07) is 31.3. The summed E-state index contributed by atoms with van der Waals surface area (Å²) in [7, 11) is 0. The molecule has 5 rings (SSSR count). The molecule has 3 aromatic carbocycles. The van der Waals surface area contributed by atoms with Crippen molar-refractivity contribution >= 4 is 11.4 Å². The second-order valence-corrected chi connectivity index (χ2v) is 8.07. The number of rotatable bonds is 8. The van der Waals surface area contributed by atoms with Gasteiger partial charge in [-0.05, 0) is 42.3 Å². The number of hydrogen-bond donors (Lipinski definition) is 0. The van der Waals surface area contributed by atoms with Crippen LogP contribution in [0.25, 0.3) is 11.3 Å². The summed E-state index contributed by atoms with van der Waals surface area (Å²) < 4.78 is 7.89. The van der Waals surface area contributed by atoms with Gasteiger partial charge >= 0.3 is 0 Å². The lowest BCUT2D eigenvalue weighted by atomic mass is 10.1. The van der Waals surface area contributed by atoms with Gasteiger partial charge < -0.3 is 9.64 Å². The van der Waals surface area contributed by atoms with Crippen LogP contribution in [0.5, 0.6) is 5.75 Å². The maximum atomic E-state index is 12.7. The maximum absolute atomic E-state index is 12.7. The number of nitrogens with zero attached hydrogens (tertiary/aromatic N) is 3. The van der Waals surface area contributed by atoms with Crippen LogP contribution in [0.15, 0.2) is 116 Å². The normalized spacial score (nSPS) is 12.9. The lowest BCUT2D eigenvalue weighted by molar-refractivity contribution is 0.0969. The molecule has 2 heterocycles. The van der Waals surface area contributed by atoms with Crippen LogP contribution in [0.4, 0.5) is 0 Å². The van der Waals surface area contributed by atoms with E-state index in [1.807, 2.05) is 113 Å². The fourth-order valence-electron chi connectivity index (χ4n) is 3.93. The van der Waals surface area contributed by atoms with E-state index in [-0.39, 0.29) is 12.3 Å². The van der Waals surface area contributed by atoms with Crippen molar-refractivity contribution in [2.75, 3.05) is 6.54 Å². The molecule has 5 nitrogen and oxygen atoms in total. The summed E-state index contributed by atoms with van der Waals surface area (Å²) in [5, 5.41) is 4.85. The van der Waals surface area contributed by atoms with Crippen LogP contribution in [0, 0.1) is 0 Å². The lowest BCUT2D eigenvalue weighted by Crippen LogP contribution is -2.22. The third-order valence-corrected chi connectivity index (χ3v) is 5.60. The number of ether oxygens (including phenoxy) is 1. The van der Waals surface area contributed by atoms with Gasteiger partial charge in [0.1, 0.15) is 18.1 Å². The Bertz CT molecular complexity index is 1310. The number of benzene rings is 3. The van der Waals surface area contributed by atoms with E-state index in [4.69, 9.17) is 9.84 Å². The molecule has 0 aliphatic carbocycles. The number of para-hydroxylation sites is 2. The van der Waals surface area contributed by atoms with Crippen LogP contribution in [0.2, 0.25) is 0 Å². The van der Waals surface area contributed by atoms with Gasteiger partial charge in [0.05, 0.1) is 17.9 Å². The average molecular weight is 448 g/mol. The van der Waals surface area contributed by atoms with E-state index >= 15 is 0 Å². The van der Waals surface area contributed by atoms with Gasteiger partial charge in [0, 0.05) is 18.0 Å². The Labute approximate surface area is 199 Å². The first-order valence-corrected chi connectivity index (χ1v) is 11.3. The summed E-state index contributed by atoms with van der Waals surface area (Å²) >= 11 is 0. The fourth-order valence-corrected chi connectivity index (χ4v) is 3.93. The topological polar surface area (TPSA) is 47.4 Å². The molecule has 1 aromatic heterocycles. The predicted octanol–water partition coefficient (Wildman–Crippen LogP) is 5.89. The number of ketones is 1. The Morgan fingerprint density at radius 1 is 0.882 bits per heavy atom. The first-order chi connectivity index (χ1) is 16.8. The summed E-state index contributed by atoms with van der Waals surface area (Å²) in [5.74, 6) is 0.889. The minimum Gasteiger partial charge on any atom is -0.487 e. The third kappa shape index (κ3) is 4.99. The molecule has 0 unspecified atom stereocenters. The molecular weight excluding hydrogens is 422 g/mol. The standard InChI is InChI=1S/C29H25N3O2/c33-29(23-11-4-1-5-12-23)21-31-18-10-13-24(20-31)28-19-25(22-34-27-16-8-3-9-17-27)30-32(28)26-14-6-2-7-15-26/h1-12,14-20H,13,21-22H2. The Morgan fingerprint density at radius 3 is 2.29 bits per heavy atom. The van der Waals surface area contributed by atoms with Crippen LogP contribution in [-0.2, 0) is 6.61 Å². The molecular formula is C29H25N3O2. The molecule has 4 aromatic rings. The number of hydrogen-bond acceptors (Lipinski definition) is 4. The SMILES string of the molecule is O=C(CN1C=CCC(c2cc(COc3ccccc3)nn2-c2ccccc2)=C1)c1ccccc1. The van der Waals surface area contributed by atoms with E-state index in [1.54, 1.807) is 0 Å². The summed E-state index contributed by atoms with van der Waals surface area (Å²) in [5.41, 5.74) is 4.60. The van der Waals surface area contributed by atoms with E-state index in [0.29, 0.717) is 12.2 Å². The predicted molar refractivity (Wildman–Crippen MR) is 134 cm³/mol. The van der Waals surface area contributed by atoms with Crippen molar-refractivity contribution in [1.82, 2.24) is 14.7 Å². The molecule has 0 saturated heterocycles. The Balaban J connectivity index is 1.41. The van der Waals surface area contributed by atoms with Gasteiger partial charge in [-0.25, -0.2) is 4.68 Å². The smallest absolute Gasteiger partial charge is 0.182 e. The van der Waals surface area contributed by atoms with Crippen LogP contribution >= 0.6 is 0 Å². The second-order valence-electron chi connectivity index (χ2n) is 8.07. The fraction of sp³-hybridized carbons (Fsp3) is 0.103. The molecule has 0 amide bonds. The van der Waals surface area contributed by atoms with Crippen LogP contribution in [0.3, 0.4) is 0 Å². The van der Waals surface area contributed by atoms with Gasteiger partial charge in [-0.15, -0.1) is 0 Å². The molecule has 0 bridgehead atoms. The van der Waals surface area contributed by atoms with Gasteiger partial charge in [-0.1, -0.05) is 72.8 Å². The monoisotopic (exact) mass is 447 g/mol. The molecule has 168 valence electrons. The minimum absolute atomic E-state index is 0.0799.